The number of aromatic amines is 1. The summed E-state index contributed by atoms with van der Waals surface area (Å²) >= 11 is 6.04. The zero-order valence-corrected chi connectivity index (χ0v) is 15.1. The van der Waals surface area contributed by atoms with Gasteiger partial charge in [-0.2, -0.15) is 5.10 Å². The minimum absolute atomic E-state index is 0.0563. The van der Waals surface area contributed by atoms with Crippen molar-refractivity contribution in [3.05, 3.63) is 70.4 Å². The predicted octanol–water partition coefficient (Wildman–Crippen LogP) is 3.94. The maximum absolute atomic E-state index is 12.9. The van der Waals surface area contributed by atoms with Crippen LogP contribution in [-0.2, 0) is 13.0 Å². The molecule has 0 spiro atoms. The number of fused-ring (bicyclic) bond motifs is 1. The molecule has 1 N–H and O–H groups in total. The van der Waals surface area contributed by atoms with Crippen molar-refractivity contribution in [3.63, 3.8) is 0 Å². The summed E-state index contributed by atoms with van der Waals surface area (Å²) in [7, 11) is 1.65. The molecule has 1 amide bonds. The molecule has 0 saturated heterocycles. The molecule has 0 saturated carbocycles. The lowest BCUT2D eigenvalue weighted by molar-refractivity contribution is 0.0728. The van der Waals surface area contributed by atoms with Crippen molar-refractivity contribution in [1.29, 1.82) is 0 Å². The topological polar surface area (TPSA) is 58.2 Å². The number of carbonyl (C=O) groups excluding carboxylic acids is 1. The average Bonchev–Trinajstić information content (AvgIpc) is 3.16. The zero-order chi connectivity index (χ0) is 18.1. The molecule has 6 heteroatoms. The molecular formula is C20H18ClN3O2. The van der Waals surface area contributed by atoms with Crippen molar-refractivity contribution >= 4 is 17.5 Å². The monoisotopic (exact) mass is 367 g/mol. The molecular weight excluding hydrogens is 350 g/mol. The van der Waals surface area contributed by atoms with E-state index < -0.39 is 0 Å². The van der Waals surface area contributed by atoms with Gasteiger partial charge < -0.3 is 9.64 Å². The average molecular weight is 368 g/mol. The molecule has 0 fully saturated rings. The molecule has 26 heavy (non-hydrogen) atoms. The van der Waals surface area contributed by atoms with Gasteiger partial charge in [0, 0.05) is 23.7 Å². The third-order valence-corrected chi connectivity index (χ3v) is 4.88. The second kappa shape index (κ2) is 6.84. The van der Waals surface area contributed by atoms with Crippen LogP contribution in [-0.4, -0.2) is 34.7 Å². The van der Waals surface area contributed by atoms with E-state index in [9.17, 15) is 4.79 Å². The molecule has 0 bridgehead atoms. The van der Waals surface area contributed by atoms with E-state index in [2.05, 4.69) is 16.3 Å². The number of hydrogen-bond donors (Lipinski definition) is 1. The lowest BCUT2D eigenvalue weighted by Gasteiger charge is -2.28. The van der Waals surface area contributed by atoms with Gasteiger partial charge in [0.15, 0.2) is 0 Å². The molecule has 1 aliphatic heterocycles. The normalized spacial score (nSPS) is 13.4. The van der Waals surface area contributed by atoms with Crippen molar-refractivity contribution in [2.45, 2.75) is 13.0 Å². The number of hydrogen-bond acceptors (Lipinski definition) is 3. The van der Waals surface area contributed by atoms with E-state index in [4.69, 9.17) is 16.3 Å². The minimum Gasteiger partial charge on any atom is -0.497 e. The first-order chi connectivity index (χ1) is 12.6. The van der Waals surface area contributed by atoms with Crippen molar-refractivity contribution in [3.8, 4) is 17.0 Å². The summed E-state index contributed by atoms with van der Waals surface area (Å²) in [5.41, 5.74) is 4.44. The van der Waals surface area contributed by atoms with Crippen LogP contribution < -0.4 is 4.74 Å². The van der Waals surface area contributed by atoms with E-state index in [0.29, 0.717) is 29.5 Å². The Bertz CT molecular complexity index is 967. The summed E-state index contributed by atoms with van der Waals surface area (Å²) in [6, 6.07) is 15.2. The summed E-state index contributed by atoms with van der Waals surface area (Å²) < 4.78 is 5.29. The second-order valence-corrected chi connectivity index (χ2v) is 6.72. The lowest BCUT2D eigenvalue weighted by Crippen LogP contribution is -2.36. The number of rotatable bonds is 3. The van der Waals surface area contributed by atoms with Crippen LogP contribution in [0.1, 0.15) is 21.6 Å². The molecule has 4 rings (SSSR count). The van der Waals surface area contributed by atoms with Crippen LogP contribution in [0.4, 0.5) is 0 Å². The zero-order valence-electron chi connectivity index (χ0n) is 14.3. The Morgan fingerprint density at radius 3 is 2.88 bits per heavy atom. The highest BCUT2D eigenvalue weighted by Gasteiger charge is 2.23. The molecule has 0 unspecified atom stereocenters. The first-order valence-electron chi connectivity index (χ1n) is 8.40. The summed E-state index contributed by atoms with van der Waals surface area (Å²) in [5, 5.41) is 7.76. The van der Waals surface area contributed by atoms with Gasteiger partial charge in [0.1, 0.15) is 11.4 Å². The number of methoxy groups -OCH3 is 1. The van der Waals surface area contributed by atoms with E-state index in [1.807, 2.05) is 41.3 Å². The van der Waals surface area contributed by atoms with E-state index >= 15 is 0 Å². The quantitative estimate of drug-likeness (QED) is 0.762. The van der Waals surface area contributed by atoms with Crippen LogP contribution in [0.2, 0.25) is 5.02 Å². The number of aromatic nitrogens is 2. The molecule has 0 aliphatic carbocycles. The minimum atomic E-state index is -0.0563. The highest BCUT2D eigenvalue weighted by atomic mass is 35.5. The molecule has 132 valence electrons. The molecule has 0 radical (unpaired) electrons. The van der Waals surface area contributed by atoms with E-state index in [1.165, 1.54) is 5.56 Å². The highest BCUT2D eigenvalue weighted by Crippen LogP contribution is 2.26. The van der Waals surface area contributed by atoms with E-state index in [-0.39, 0.29) is 5.91 Å². The summed E-state index contributed by atoms with van der Waals surface area (Å²) in [6.45, 7) is 1.25. The molecule has 0 atom stereocenters. The van der Waals surface area contributed by atoms with Crippen molar-refractivity contribution in [2.24, 2.45) is 0 Å². The fraction of sp³-hybridized carbons (Fsp3) is 0.200. The van der Waals surface area contributed by atoms with Crippen molar-refractivity contribution < 1.29 is 9.53 Å². The Morgan fingerprint density at radius 2 is 2.08 bits per heavy atom. The van der Waals surface area contributed by atoms with Crippen LogP contribution in [0.15, 0.2) is 48.5 Å². The standard InChI is InChI=1S/C20H18ClN3O2/c1-26-17-6-5-13-7-8-24(12-15(13)10-17)20(25)19-11-18(22-23-19)14-3-2-4-16(21)9-14/h2-6,9-11H,7-8,12H2,1H3,(H,22,23). The third-order valence-electron chi connectivity index (χ3n) is 4.64. The smallest absolute Gasteiger partial charge is 0.272 e. The van der Waals surface area contributed by atoms with Crippen LogP contribution in [0.25, 0.3) is 11.3 Å². The number of nitrogens with one attached hydrogen (secondary N) is 1. The first-order valence-corrected chi connectivity index (χ1v) is 8.78. The lowest BCUT2D eigenvalue weighted by atomic mass is 9.99. The summed E-state index contributed by atoms with van der Waals surface area (Å²) in [4.78, 5) is 14.7. The van der Waals surface area contributed by atoms with Crippen molar-refractivity contribution in [1.82, 2.24) is 15.1 Å². The van der Waals surface area contributed by atoms with Crippen LogP contribution >= 0.6 is 11.6 Å². The number of halogens is 1. The number of H-pyrrole nitrogens is 1. The SMILES string of the molecule is COc1ccc2c(c1)CN(C(=O)c1cc(-c3cccc(Cl)c3)n[nH]1)CC2. The van der Waals surface area contributed by atoms with Crippen LogP contribution in [0, 0.1) is 0 Å². The Labute approximate surface area is 156 Å². The van der Waals surface area contributed by atoms with E-state index in [1.54, 1.807) is 13.2 Å². The largest absolute Gasteiger partial charge is 0.497 e. The Hall–Kier alpha value is -2.79. The van der Waals surface area contributed by atoms with E-state index in [0.717, 1.165) is 23.3 Å². The number of carbonyl (C=O) groups is 1. The first kappa shape index (κ1) is 16.7. The van der Waals surface area contributed by atoms with Crippen molar-refractivity contribution in [2.75, 3.05) is 13.7 Å². The van der Waals surface area contributed by atoms with Gasteiger partial charge in [-0.1, -0.05) is 29.8 Å². The predicted molar refractivity (Wildman–Crippen MR) is 100 cm³/mol. The van der Waals surface area contributed by atoms with Gasteiger partial charge in [-0.05, 0) is 47.9 Å². The van der Waals surface area contributed by atoms with Gasteiger partial charge in [-0.15, -0.1) is 0 Å². The van der Waals surface area contributed by atoms with Gasteiger partial charge in [0.05, 0.1) is 12.8 Å². The summed E-state index contributed by atoms with van der Waals surface area (Å²) in [6.07, 6.45) is 0.834. The van der Waals surface area contributed by atoms with Gasteiger partial charge in [-0.25, -0.2) is 0 Å². The van der Waals surface area contributed by atoms with Crippen LogP contribution in [0.5, 0.6) is 5.75 Å². The molecule has 5 nitrogen and oxygen atoms in total. The fourth-order valence-electron chi connectivity index (χ4n) is 3.23. The molecule has 2 heterocycles. The van der Waals surface area contributed by atoms with Gasteiger partial charge >= 0.3 is 0 Å². The van der Waals surface area contributed by atoms with Crippen LogP contribution in [0.3, 0.4) is 0 Å². The Morgan fingerprint density at radius 1 is 1.19 bits per heavy atom. The summed E-state index contributed by atoms with van der Waals surface area (Å²) in [5.74, 6) is 0.752. The highest BCUT2D eigenvalue weighted by molar-refractivity contribution is 6.30. The number of benzene rings is 2. The Balaban J connectivity index is 1.55. The maximum atomic E-state index is 12.9. The molecule has 1 aromatic heterocycles. The number of amides is 1. The van der Waals surface area contributed by atoms with Gasteiger partial charge in [0.2, 0.25) is 0 Å². The molecule has 2 aromatic carbocycles. The Kier molecular flexibility index (Phi) is 4.39. The maximum Gasteiger partial charge on any atom is 0.272 e. The second-order valence-electron chi connectivity index (χ2n) is 6.29. The fourth-order valence-corrected chi connectivity index (χ4v) is 3.42. The number of ether oxygens (including phenoxy) is 1. The molecule has 3 aromatic rings. The van der Waals surface area contributed by atoms with Gasteiger partial charge in [0.25, 0.3) is 5.91 Å². The number of nitrogens with zero attached hydrogens (tertiary/aromatic N) is 2. The third kappa shape index (κ3) is 3.18. The molecule has 1 aliphatic rings. The van der Waals surface area contributed by atoms with Gasteiger partial charge in [-0.3, -0.25) is 9.89 Å².